The third-order valence-corrected chi connectivity index (χ3v) is 3.73. The average Bonchev–Trinajstić information content (AvgIpc) is 2.93. The number of hydrogen-bond acceptors (Lipinski definition) is 4. The smallest absolute Gasteiger partial charge is 0.234 e. The summed E-state index contributed by atoms with van der Waals surface area (Å²) in [7, 11) is 2.01. The lowest BCUT2D eigenvalue weighted by Crippen LogP contribution is -2.41. The normalized spacial score (nSPS) is 20.9. The van der Waals surface area contributed by atoms with Gasteiger partial charge in [-0.25, -0.2) is 0 Å². The Hall–Kier alpha value is -1.33. The number of piperidine rings is 1. The second-order valence-corrected chi connectivity index (χ2v) is 5.71. The Bertz CT molecular complexity index is 399. The largest absolute Gasteiger partial charge is 0.467 e. The number of furan rings is 1. The van der Waals surface area contributed by atoms with E-state index >= 15 is 0 Å². The molecule has 0 aliphatic carbocycles. The predicted octanol–water partition coefficient (Wildman–Crippen LogP) is 1.39. The number of hydrogen-bond donors (Lipinski definition) is 2. The van der Waals surface area contributed by atoms with Crippen molar-refractivity contribution >= 4 is 5.91 Å². The zero-order valence-electron chi connectivity index (χ0n) is 12.4. The van der Waals surface area contributed by atoms with Gasteiger partial charge in [-0.15, -0.1) is 0 Å². The summed E-state index contributed by atoms with van der Waals surface area (Å²) in [5.41, 5.74) is 0. The van der Waals surface area contributed by atoms with Gasteiger partial charge in [-0.1, -0.05) is 0 Å². The lowest BCUT2D eigenvalue weighted by atomic mass is 9.99. The molecule has 5 nitrogen and oxygen atoms in total. The van der Waals surface area contributed by atoms with Gasteiger partial charge in [0.2, 0.25) is 5.91 Å². The molecule has 0 bridgehead atoms. The van der Waals surface area contributed by atoms with Crippen molar-refractivity contribution in [3.63, 3.8) is 0 Å². The summed E-state index contributed by atoms with van der Waals surface area (Å²) in [6.45, 7) is 5.52. The highest BCUT2D eigenvalue weighted by atomic mass is 16.3. The molecule has 112 valence electrons. The summed E-state index contributed by atoms with van der Waals surface area (Å²) >= 11 is 0. The van der Waals surface area contributed by atoms with Crippen LogP contribution in [0.4, 0.5) is 0 Å². The summed E-state index contributed by atoms with van der Waals surface area (Å²) in [5.74, 6) is 1.49. The molecular formula is C15H25N3O2. The number of rotatable bonds is 6. The van der Waals surface area contributed by atoms with E-state index in [2.05, 4.69) is 15.5 Å². The lowest BCUT2D eigenvalue weighted by molar-refractivity contribution is -0.122. The molecule has 2 N–H and O–H groups in total. The van der Waals surface area contributed by atoms with E-state index in [4.69, 9.17) is 4.42 Å². The minimum Gasteiger partial charge on any atom is -0.467 e. The van der Waals surface area contributed by atoms with E-state index in [9.17, 15) is 4.79 Å². The van der Waals surface area contributed by atoms with Crippen molar-refractivity contribution in [2.75, 3.05) is 33.2 Å². The van der Waals surface area contributed by atoms with Crippen molar-refractivity contribution < 1.29 is 9.21 Å². The van der Waals surface area contributed by atoms with Crippen molar-refractivity contribution in [2.24, 2.45) is 5.92 Å². The van der Waals surface area contributed by atoms with Gasteiger partial charge in [0.05, 0.1) is 18.8 Å². The van der Waals surface area contributed by atoms with E-state index in [0.29, 0.717) is 12.5 Å². The highest BCUT2D eigenvalue weighted by molar-refractivity contribution is 5.78. The second-order valence-electron chi connectivity index (χ2n) is 5.71. The maximum Gasteiger partial charge on any atom is 0.234 e. The van der Waals surface area contributed by atoms with Crippen molar-refractivity contribution in [3.8, 4) is 0 Å². The molecule has 1 aliphatic heterocycles. The van der Waals surface area contributed by atoms with Crippen LogP contribution in [0.25, 0.3) is 0 Å². The third kappa shape index (κ3) is 4.65. The SMILES string of the molecule is CC(NC(=O)CN(C)CC1CCCNC1)c1ccco1. The summed E-state index contributed by atoms with van der Waals surface area (Å²) in [5, 5.41) is 6.37. The maximum absolute atomic E-state index is 12.0. The molecule has 1 aromatic heterocycles. The highest BCUT2D eigenvalue weighted by Crippen LogP contribution is 2.13. The van der Waals surface area contributed by atoms with E-state index < -0.39 is 0 Å². The summed E-state index contributed by atoms with van der Waals surface area (Å²) < 4.78 is 5.29. The molecule has 20 heavy (non-hydrogen) atoms. The van der Waals surface area contributed by atoms with Crippen LogP contribution in [0, 0.1) is 5.92 Å². The van der Waals surface area contributed by atoms with Crippen molar-refractivity contribution in [2.45, 2.75) is 25.8 Å². The molecule has 0 spiro atoms. The number of nitrogens with zero attached hydrogens (tertiary/aromatic N) is 1. The second kappa shape index (κ2) is 7.45. The van der Waals surface area contributed by atoms with Crippen LogP contribution in [0.15, 0.2) is 22.8 Å². The Balaban J connectivity index is 1.70. The van der Waals surface area contributed by atoms with Gasteiger partial charge < -0.3 is 15.1 Å². The highest BCUT2D eigenvalue weighted by Gasteiger charge is 2.17. The van der Waals surface area contributed by atoms with Crippen LogP contribution in [0.5, 0.6) is 0 Å². The zero-order valence-corrected chi connectivity index (χ0v) is 12.4. The molecule has 0 saturated carbocycles. The molecule has 0 radical (unpaired) electrons. The van der Waals surface area contributed by atoms with Crippen LogP contribution in [0.3, 0.4) is 0 Å². The van der Waals surface area contributed by atoms with Gasteiger partial charge in [0, 0.05) is 6.54 Å². The molecule has 1 amide bonds. The van der Waals surface area contributed by atoms with Crippen LogP contribution in [-0.2, 0) is 4.79 Å². The summed E-state index contributed by atoms with van der Waals surface area (Å²) in [6, 6.07) is 3.63. The Kier molecular flexibility index (Phi) is 5.61. The number of carbonyl (C=O) groups excluding carboxylic acids is 1. The van der Waals surface area contributed by atoms with Crippen LogP contribution in [0.1, 0.15) is 31.6 Å². The number of carbonyl (C=O) groups is 1. The Morgan fingerprint density at radius 2 is 2.50 bits per heavy atom. The molecule has 2 rings (SSSR count). The van der Waals surface area contributed by atoms with Crippen molar-refractivity contribution in [1.29, 1.82) is 0 Å². The zero-order chi connectivity index (χ0) is 14.4. The topological polar surface area (TPSA) is 57.5 Å². The van der Waals surface area contributed by atoms with Crippen LogP contribution in [0.2, 0.25) is 0 Å². The van der Waals surface area contributed by atoms with Gasteiger partial charge in [-0.2, -0.15) is 0 Å². The van der Waals surface area contributed by atoms with Gasteiger partial charge in [0.1, 0.15) is 5.76 Å². The van der Waals surface area contributed by atoms with Gasteiger partial charge in [-0.05, 0) is 58.0 Å². The monoisotopic (exact) mass is 279 g/mol. The van der Waals surface area contributed by atoms with E-state index in [1.54, 1.807) is 6.26 Å². The van der Waals surface area contributed by atoms with E-state index in [0.717, 1.165) is 25.4 Å². The standard InChI is InChI=1S/C15H25N3O2/c1-12(14-6-4-8-20-14)17-15(19)11-18(2)10-13-5-3-7-16-9-13/h4,6,8,12-13,16H,3,5,7,9-11H2,1-2H3,(H,17,19). The fourth-order valence-corrected chi connectivity index (χ4v) is 2.73. The molecular weight excluding hydrogens is 254 g/mol. The molecule has 1 aromatic rings. The van der Waals surface area contributed by atoms with Gasteiger partial charge in [0.15, 0.2) is 0 Å². The molecule has 1 aliphatic rings. The number of likely N-dealkylation sites (N-methyl/N-ethyl adjacent to an activating group) is 1. The third-order valence-electron chi connectivity index (χ3n) is 3.73. The maximum atomic E-state index is 12.0. The Labute approximate surface area is 120 Å². The van der Waals surface area contributed by atoms with E-state index in [1.165, 1.54) is 12.8 Å². The Morgan fingerprint density at radius 3 is 3.15 bits per heavy atom. The summed E-state index contributed by atoms with van der Waals surface area (Å²) in [6.07, 6.45) is 4.11. The van der Waals surface area contributed by atoms with Gasteiger partial charge in [-0.3, -0.25) is 9.69 Å². The van der Waals surface area contributed by atoms with Crippen molar-refractivity contribution in [1.82, 2.24) is 15.5 Å². The lowest BCUT2D eigenvalue weighted by Gasteiger charge is -2.27. The first-order valence-electron chi connectivity index (χ1n) is 7.37. The average molecular weight is 279 g/mol. The molecule has 1 saturated heterocycles. The fraction of sp³-hybridized carbons (Fsp3) is 0.667. The Morgan fingerprint density at radius 1 is 1.65 bits per heavy atom. The van der Waals surface area contributed by atoms with Crippen molar-refractivity contribution in [3.05, 3.63) is 24.2 Å². The summed E-state index contributed by atoms with van der Waals surface area (Å²) in [4.78, 5) is 14.1. The van der Waals surface area contributed by atoms with Crippen LogP contribution >= 0.6 is 0 Å². The molecule has 0 aromatic carbocycles. The minimum atomic E-state index is -0.0813. The van der Waals surface area contributed by atoms with E-state index in [1.807, 2.05) is 26.1 Å². The van der Waals surface area contributed by atoms with E-state index in [-0.39, 0.29) is 11.9 Å². The number of nitrogens with one attached hydrogen (secondary N) is 2. The molecule has 2 unspecified atom stereocenters. The number of amides is 1. The quantitative estimate of drug-likeness (QED) is 0.826. The van der Waals surface area contributed by atoms with Crippen LogP contribution in [-0.4, -0.2) is 44.0 Å². The van der Waals surface area contributed by atoms with Crippen LogP contribution < -0.4 is 10.6 Å². The fourth-order valence-electron chi connectivity index (χ4n) is 2.73. The predicted molar refractivity (Wildman–Crippen MR) is 78.4 cm³/mol. The first kappa shape index (κ1) is 15.1. The first-order valence-corrected chi connectivity index (χ1v) is 7.37. The molecule has 2 heterocycles. The molecule has 5 heteroatoms. The minimum absolute atomic E-state index is 0.0418. The molecule has 1 fully saturated rings. The first-order chi connectivity index (χ1) is 9.65. The molecule has 2 atom stereocenters. The van der Waals surface area contributed by atoms with Gasteiger partial charge >= 0.3 is 0 Å². The van der Waals surface area contributed by atoms with Gasteiger partial charge in [0.25, 0.3) is 0 Å².